The Morgan fingerprint density at radius 3 is 2.60 bits per heavy atom. The SMILES string of the molecule is O=C(O)N[C@@H]1[C@@H]2COC[C@@H]21. The van der Waals surface area contributed by atoms with Gasteiger partial charge in [-0.2, -0.15) is 0 Å². The van der Waals surface area contributed by atoms with Crippen LogP contribution in [0.4, 0.5) is 4.79 Å². The number of nitrogens with one attached hydrogen (secondary N) is 1. The van der Waals surface area contributed by atoms with Crippen molar-refractivity contribution in [1.82, 2.24) is 5.32 Å². The standard InChI is InChI=1S/C6H9NO3/c8-6(9)7-5-3-1-10-2-4(3)5/h3-5,7H,1-2H2,(H,8,9)/t3-,4+,5-. The second-order valence-corrected chi connectivity index (χ2v) is 2.84. The van der Waals surface area contributed by atoms with Gasteiger partial charge in [-0.15, -0.1) is 0 Å². The third kappa shape index (κ3) is 0.759. The van der Waals surface area contributed by atoms with E-state index in [1.54, 1.807) is 0 Å². The second-order valence-electron chi connectivity index (χ2n) is 2.84. The van der Waals surface area contributed by atoms with Crippen molar-refractivity contribution >= 4 is 6.09 Å². The zero-order valence-electron chi connectivity index (χ0n) is 5.41. The number of hydrogen-bond acceptors (Lipinski definition) is 2. The maximum absolute atomic E-state index is 10.1. The van der Waals surface area contributed by atoms with Gasteiger partial charge in [-0.3, -0.25) is 0 Å². The average molecular weight is 143 g/mol. The highest BCUT2D eigenvalue weighted by Gasteiger charge is 2.54. The summed E-state index contributed by atoms with van der Waals surface area (Å²) in [5.41, 5.74) is 0. The molecule has 1 aliphatic carbocycles. The molecule has 0 unspecified atom stereocenters. The molecule has 1 amide bonds. The van der Waals surface area contributed by atoms with Crippen LogP contribution in [0.3, 0.4) is 0 Å². The fourth-order valence-corrected chi connectivity index (χ4v) is 1.60. The summed E-state index contributed by atoms with van der Waals surface area (Å²) in [5.74, 6) is 0.937. The highest BCUT2D eigenvalue weighted by atomic mass is 16.5. The van der Waals surface area contributed by atoms with Gasteiger partial charge >= 0.3 is 6.09 Å². The third-order valence-electron chi connectivity index (χ3n) is 2.24. The molecule has 1 saturated heterocycles. The van der Waals surface area contributed by atoms with Crippen LogP contribution in [0.25, 0.3) is 0 Å². The Hall–Kier alpha value is -0.770. The van der Waals surface area contributed by atoms with Crippen molar-refractivity contribution in [1.29, 1.82) is 0 Å². The van der Waals surface area contributed by atoms with Gasteiger partial charge in [0.15, 0.2) is 0 Å². The van der Waals surface area contributed by atoms with Crippen LogP contribution < -0.4 is 5.32 Å². The monoisotopic (exact) mass is 143 g/mol. The molecule has 3 atom stereocenters. The minimum atomic E-state index is -0.917. The van der Waals surface area contributed by atoms with Crippen molar-refractivity contribution in [2.45, 2.75) is 6.04 Å². The fraction of sp³-hybridized carbons (Fsp3) is 0.833. The van der Waals surface area contributed by atoms with Gasteiger partial charge in [-0.1, -0.05) is 0 Å². The first kappa shape index (κ1) is 5.97. The third-order valence-corrected chi connectivity index (χ3v) is 2.24. The lowest BCUT2D eigenvalue weighted by Crippen LogP contribution is -2.27. The molecule has 2 aliphatic rings. The number of carbonyl (C=O) groups is 1. The lowest BCUT2D eigenvalue weighted by atomic mass is 10.4. The van der Waals surface area contributed by atoms with E-state index in [1.165, 1.54) is 0 Å². The van der Waals surface area contributed by atoms with Gasteiger partial charge in [0.2, 0.25) is 0 Å². The molecular weight excluding hydrogens is 134 g/mol. The maximum atomic E-state index is 10.1. The molecule has 4 heteroatoms. The number of rotatable bonds is 1. The Balaban J connectivity index is 1.84. The molecule has 4 nitrogen and oxygen atoms in total. The number of fused-ring (bicyclic) bond motifs is 1. The molecule has 10 heavy (non-hydrogen) atoms. The Morgan fingerprint density at radius 1 is 1.50 bits per heavy atom. The zero-order valence-corrected chi connectivity index (χ0v) is 5.41. The summed E-state index contributed by atoms with van der Waals surface area (Å²) in [4.78, 5) is 10.1. The van der Waals surface area contributed by atoms with Crippen LogP contribution >= 0.6 is 0 Å². The Kier molecular flexibility index (Phi) is 1.11. The van der Waals surface area contributed by atoms with Crippen molar-refractivity contribution < 1.29 is 14.6 Å². The Bertz CT molecular complexity index is 160. The van der Waals surface area contributed by atoms with E-state index in [-0.39, 0.29) is 6.04 Å². The van der Waals surface area contributed by atoms with E-state index in [0.717, 1.165) is 13.2 Å². The molecule has 0 aromatic carbocycles. The molecule has 1 heterocycles. The van der Waals surface area contributed by atoms with Gasteiger partial charge < -0.3 is 15.2 Å². The Labute approximate surface area is 58.2 Å². The molecule has 2 rings (SSSR count). The first-order valence-electron chi connectivity index (χ1n) is 3.36. The van der Waals surface area contributed by atoms with Gasteiger partial charge in [0, 0.05) is 17.9 Å². The van der Waals surface area contributed by atoms with E-state index < -0.39 is 6.09 Å². The molecule has 0 aromatic heterocycles. The van der Waals surface area contributed by atoms with Crippen molar-refractivity contribution in [2.24, 2.45) is 11.8 Å². The molecule has 2 fully saturated rings. The predicted octanol–water partition coefficient (Wildman–Crippen LogP) is -0.101. The summed E-state index contributed by atoms with van der Waals surface area (Å²) in [6.07, 6.45) is -0.917. The van der Waals surface area contributed by atoms with E-state index in [2.05, 4.69) is 5.32 Å². The van der Waals surface area contributed by atoms with Crippen molar-refractivity contribution in [3.8, 4) is 0 Å². The van der Waals surface area contributed by atoms with Crippen LogP contribution in [-0.4, -0.2) is 30.5 Å². The van der Waals surface area contributed by atoms with Gasteiger partial charge in [-0.05, 0) is 0 Å². The smallest absolute Gasteiger partial charge is 0.404 e. The first-order valence-corrected chi connectivity index (χ1v) is 3.36. The zero-order chi connectivity index (χ0) is 7.14. The normalized spacial score (nSPS) is 42.6. The summed E-state index contributed by atoms with van der Waals surface area (Å²) >= 11 is 0. The van der Waals surface area contributed by atoms with Crippen LogP contribution in [-0.2, 0) is 4.74 Å². The number of ether oxygens (including phenoxy) is 1. The largest absolute Gasteiger partial charge is 0.465 e. The Morgan fingerprint density at radius 2 is 2.10 bits per heavy atom. The topological polar surface area (TPSA) is 58.6 Å². The van der Waals surface area contributed by atoms with Crippen LogP contribution in [0.1, 0.15) is 0 Å². The molecule has 0 spiro atoms. The molecular formula is C6H9NO3. The molecule has 0 bridgehead atoms. The molecule has 0 aromatic rings. The second kappa shape index (κ2) is 1.85. The molecule has 1 saturated carbocycles. The summed E-state index contributed by atoms with van der Waals surface area (Å²) in [6.45, 7) is 1.46. The van der Waals surface area contributed by atoms with Crippen molar-refractivity contribution in [3.63, 3.8) is 0 Å². The molecule has 1 aliphatic heterocycles. The van der Waals surface area contributed by atoms with E-state index in [9.17, 15) is 4.79 Å². The van der Waals surface area contributed by atoms with E-state index in [1.807, 2.05) is 0 Å². The van der Waals surface area contributed by atoms with E-state index in [0.29, 0.717) is 11.8 Å². The first-order chi connectivity index (χ1) is 4.79. The van der Waals surface area contributed by atoms with Gasteiger partial charge in [-0.25, -0.2) is 4.79 Å². The van der Waals surface area contributed by atoms with Gasteiger partial charge in [0.1, 0.15) is 0 Å². The van der Waals surface area contributed by atoms with Crippen molar-refractivity contribution in [3.05, 3.63) is 0 Å². The molecule has 2 N–H and O–H groups in total. The van der Waals surface area contributed by atoms with Crippen LogP contribution in [0.2, 0.25) is 0 Å². The highest BCUT2D eigenvalue weighted by molar-refractivity contribution is 5.65. The summed E-state index contributed by atoms with van der Waals surface area (Å²) in [7, 11) is 0. The van der Waals surface area contributed by atoms with Gasteiger partial charge in [0.25, 0.3) is 0 Å². The number of carboxylic acid groups (broad SMARTS) is 1. The average Bonchev–Trinajstić information content (AvgIpc) is 2.40. The van der Waals surface area contributed by atoms with E-state index in [4.69, 9.17) is 9.84 Å². The minimum Gasteiger partial charge on any atom is -0.465 e. The summed E-state index contributed by atoms with van der Waals surface area (Å²) in [5, 5.41) is 10.8. The van der Waals surface area contributed by atoms with E-state index >= 15 is 0 Å². The van der Waals surface area contributed by atoms with Crippen LogP contribution in [0, 0.1) is 11.8 Å². The summed E-state index contributed by atoms with van der Waals surface area (Å²) in [6, 6.07) is 0.186. The predicted molar refractivity (Wildman–Crippen MR) is 32.7 cm³/mol. The number of hydrogen-bond donors (Lipinski definition) is 2. The van der Waals surface area contributed by atoms with Crippen molar-refractivity contribution in [2.75, 3.05) is 13.2 Å². The molecule has 56 valence electrons. The minimum absolute atomic E-state index is 0.186. The number of amides is 1. The fourth-order valence-electron chi connectivity index (χ4n) is 1.60. The highest BCUT2D eigenvalue weighted by Crippen LogP contribution is 2.43. The van der Waals surface area contributed by atoms with Crippen LogP contribution in [0.5, 0.6) is 0 Å². The summed E-state index contributed by atoms with van der Waals surface area (Å²) < 4.78 is 5.09. The maximum Gasteiger partial charge on any atom is 0.404 e. The van der Waals surface area contributed by atoms with Crippen LogP contribution in [0.15, 0.2) is 0 Å². The molecule has 0 radical (unpaired) electrons. The quantitative estimate of drug-likeness (QED) is 0.538. The van der Waals surface area contributed by atoms with Gasteiger partial charge in [0.05, 0.1) is 13.2 Å². The lowest BCUT2D eigenvalue weighted by molar-refractivity contribution is 0.151. The lowest BCUT2D eigenvalue weighted by Gasteiger charge is -2.01.